The Bertz CT molecular complexity index is 561. The van der Waals surface area contributed by atoms with Gasteiger partial charge in [0.2, 0.25) is 0 Å². The Morgan fingerprint density at radius 1 is 1.33 bits per heavy atom. The number of guanidine groups is 1. The lowest BCUT2D eigenvalue weighted by atomic mass is 9.89. The molecule has 1 aromatic carbocycles. The molecule has 6 heteroatoms. The molecule has 0 aliphatic heterocycles. The summed E-state index contributed by atoms with van der Waals surface area (Å²) >= 11 is 0. The van der Waals surface area contributed by atoms with Crippen LogP contribution in [-0.4, -0.2) is 32.3 Å². The fraction of sp³-hybridized carbons (Fsp3) is 0.556. The van der Waals surface area contributed by atoms with Crippen LogP contribution >= 0.6 is 24.0 Å². The highest BCUT2D eigenvalue weighted by Gasteiger charge is 2.24. The molecule has 0 heterocycles. The van der Waals surface area contributed by atoms with Gasteiger partial charge in [-0.2, -0.15) is 5.26 Å². The molecule has 0 bridgehead atoms. The standard InChI is InChI=1S/C18H28N4O.HI/c1-6-20-17(22-13-16(23-5)18(2,3)4)21-12-15-9-7-8-14(10-15)11-19;/h7-10,16H,6,12-13H2,1-5H3,(H2,20,21,22);1H. The number of aliphatic imine (C=N–C) groups is 1. The molecule has 0 saturated heterocycles. The molecule has 0 aliphatic rings. The zero-order chi connectivity index (χ0) is 17.3. The first kappa shape index (κ1) is 22.7. The Labute approximate surface area is 162 Å². The van der Waals surface area contributed by atoms with Crippen molar-refractivity contribution in [1.29, 1.82) is 5.26 Å². The monoisotopic (exact) mass is 444 g/mol. The van der Waals surface area contributed by atoms with E-state index in [0.29, 0.717) is 18.7 Å². The number of benzene rings is 1. The first-order valence-corrected chi connectivity index (χ1v) is 7.94. The molecule has 0 aromatic heterocycles. The Balaban J connectivity index is 0.00000529. The van der Waals surface area contributed by atoms with Gasteiger partial charge in [-0.05, 0) is 30.0 Å². The van der Waals surface area contributed by atoms with E-state index in [0.717, 1.165) is 18.1 Å². The van der Waals surface area contributed by atoms with Crippen molar-refractivity contribution in [1.82, 2.24) is 10.6 Å². The van der Waals surface area contributed by atoms with E-state index >= 15 is 0 Å². The van der Waals surface area contributed by atoms with Crippen molar-refractivity contribution in [3.63, 3.8) is 0 Å². The topological polar surface area (TPSA) is 69.4 Å². The molecule has 0 amide bonds. The number of ether oxygens (including phenoxy) is 1. The van der Waals surface area contributed by atoms with E-state index < -0.39 is 0 Å². The van der Waals surface area contributed by atoms with Gasteiger partial charge in [-0.3, -0.25) is 0 Å². The maximum absolute atomic E-state index is 8.95. The Morgan fingerprint density at radius 2 is 2.04 bits per heavy atom. The number of nitrogens with one attached hydrogen (secondary N) is 2. The third-order valence-electron chi connectivity index (χ3n) is 3.53. The van der Waals surface area contributed by atoms with Gasteiger partial charge in [0.25, 0.3) is 0 Å². The summed E-state index contributed by atoms with van der Waals surface area (Å²) in [4.78, 5) is 4.58. The highest BCUT2D eigenvalue weighted by molar-refractivity contribution is 14.0. The minimum absolute atomic E-state index is 0. The van der Waals surface area contributed by atoms with Crippen molar-refractivity contribution in [2.45, 2.75) is 40.3 Å². The molecule has 1 atom stereocenters. The fourth-order valence-corrected chi connectivity index (χ4v) is 2.18. The Kier molecular flexibility index (Phi) is 10.6. The molecule has 134 valence electrons. The van der Waals surface area contributed by atoms with Crippen molar-refractivity contribution >= 4 is 29.9 Å². The lowest BCUT2D eigenvalue weighted by Crippen LogP contribution is -2.45. The van der Waals surface area contributed by atoms with E-state index in [4.69, 9.17) is 10.00 Å². The summed E-state index contributed by atoms with van der Waals surface area (Å²) in [6.45, 7) is 10.5. The van der Waals surface area contributed by atoms with E-state index in [1.807, 2.05) is 25.1 Å². The van der Waals surface area contributed by atoms with Crippen LogP contribution in [0.1, 0.15) is 38.8 Å². The van der Waals surface area contributed by atoms with Crippen LogP contribution in [-0.2, 0) is 11.3 Å². The first-order chi connectivity index (χ1) is 10.9. The summed E-state index contributed by atoms with van der Waals surface area (Å²) in [6.07, 6.45) is 0.0910. The molecule has 0 saturated carbocycles. The largest absolute Gasteiger partial charge is 0.379 e. The van der Waals surface area contributed by atoms with Gasteiger partial charge in [0.15, 0.2) is 5.96 Å². The van der Waals surface area contributed by atoms with Crippen LogP contribution in [0.15, 0.2) is 29.3 Å². The van der Waals surface area contributed by atoms with Crippen LogP contribution in [0.3, 0.4) is 0 Å². The van der Waals surface area contributed by atoms with E-state index in [1.165, 1.54) is 0 Å². The molecule has 0 radical (unpaired) electrons. The van der Waals surface area contributed by atoms with E-state index in [9.17, 15) is 0 Å². The molecule has 0 aliphatic carbocycles. The van der Waals surface area contributed by atoms with Gasteiger partial charge in [-0.1, -0.05) is 32.9 Å². The predicted octanol–water partition coefficient (Wildman–Crippen LogP) is 3.29. The summed E-state index contributed by atoms with van der Waals surface area (Å²) in [5.41, 5.74) is 1.73. The maximum Gasteiger partial charge on any atom is 0.191 e. The fourth-order valence-electron chi connectivity index (χ4n) is 2.18. The van der Waals surface area contributed by atoms with Gasteiger partial charge in [-0.15, -0.1) is 24.0 Å². The lowest BCUT2D eigenvalue weighted by molar-refractivity contribution is 0.0205. The SMILES string of the molecule is CCNC(=NCc1cccc(C#N)c1)NCC(OC)C(C)(C)C.I. The molecule has 5 nitrogen and oxygen atoms in total. The second kappa shape index (κ2) is 11.3. The normalized spacial score (nSPS) is 12.8. The van der Waals surface area contributed by atoms with Gasteiger partial charge in [0.1, 0.15) is 0 Å². The molecular weight excluding hydrogens is 415 g/mol. The number of hydrogen-bond acceptors (Lipinski definition) is 3. The van der Waals surface area contributed by atoms with Gasteiger partial charge >= 0.3 is 0 Å². The number of rotatable bonds is 6. The van der Waals surface area contributed by atoms with Crippen LogP contribution in [0, 0.1) is 16.7 Å². The van der Waals surface area contributed by atoms with Gasteiger partial charge < -0.3 is 15.4 Å². The van der Waals surface area contributed by atoms with Crippen LogP contribution in [0.5, 0.6) is 0 Å². The molecule has 24 heavy (non-hydrogen) atoms. The number of methoxy groups -OCH3 is 1. The van der Waals surface area contributed by atoms with Crippen molar-refractivity contribution in [2.75, 3.05) is 20.2 Å². The minimum atomic E-state index is 0. The molecule has 0 fully saturated rings. The highest BCUT2D eigenvalue weighted by Crippen LogP contribution is 2.20. The van der Waals surface area contributed by atoms with Crippen molar-refractivity contribution in [2.24, 2.45) is 10.4 Å². The summed E-state index contributed by atoms with van der Waals surface area (Å²) in [5.74, 6) is 0.751. The smallest absolute Gasteiger partial charge is 0.191 e. The average molecular weight is 444 g/mol. The predicted molar refractivity (Wildman–Crippen MR) is 110 cm³/mol. The molecular formula is C18H29IN4O. The van der Waals surface area contributed by atoms with Gasteiger partial charge in [-0.25, -0.2) is 4.99 Å². The molecule has 2 N–H and O–H groups in total. The average Bonchev–Trinajstić information content (AvgIpc) is 2.52. The molecule has 1 aromatic rings. The summed E-state index contributed by atoms with van der Waals surface area (Å²) in [7, 11) is 1.73. The maximum atomic E-state index is 8.95. The highest BCUT2D eigenvalue weighted by atomic mass is 127. The van der Waals surface area contributed by atoms with Gasteiger partial charge in [0, 0.05) is 20.2 Å². The molecule has 1 unspecified atom stereocenters. The Morgan fingerprint density at radius 3 is 2.58 bits per heavy atom. The van der Waals surface area contributed by atoms with Crippen LogP contribution in [0.2, 0.25) is 0 Å². The van der Waals surface area contributed by atoms with E-state index in [-0.39, 0.29) is 35.5 Å². The van der Waals surface area contributed by atoms with Gasteiger partial charge in [0.05, 0.1) is 24.3 Å². The summed E-state index contributed by atoms with van der Waals surface area (Å²) in [6, 6.07) is 9.66. The number of nitriles is 1. The van der Waals surface area contributed by atoms with Crippen LogP contribution in [0.4, 0.5) is 0 Å². The first-order valence-electron chi connectivity index (χ1n) is 7.94. The van der Waals surface area contributed by atoms with Crippen LogP contribution in [0.25, 0.3) is 0 Å². The Hall–Kier alpha value is -1.33. The van der Waals surface area contributed by atoms with Crippen molar-refractivity contribution < 1.29 is 4.74 Å². The van der Waals surface area contributed by atoms with Crippen LogP contribution < -0.4 is 10.6 Å². The van der Waals surface area contributed by atoms with Crippen molar-refractivity contribution in [3.8, 4) is 6.07 Å². The lowest BCUT2D eigenvalue weighted by Gasteiger charge is -2.30. The number of halogens is 1. The van der Waals surface area contributed by atoms with Crippen molar-refractivity contribution in [3.05, 3.63) is 35.4 Å². The second-order valence-corrected chi connectivity index (χ2v) is 6.48. The third-order valence-corrected chi connectivity index (χ3v) is 3.53. The second-order valence-electron chi connectivity index (χ2n) is 6.48. The van der Waals surface area contributed by atoms with E-state index in [1.54, 1.807) is 13.2 Å². The summed E-state index contributed by atoms with van der Waals surface area (Å²) in [5, 5.41) is 15.5. The summed E-state index contributed by atoms with van der Waals surface area (Å²) < 4.78 is 5.56. The quantitative estimate of drug-likeness (QED) is 0.402. The minimum Gasteiger partial charge on any atom is -0.379 e. The molecule has 1 rings (SSSR count). The zero-order valence-corrected chi connectivity index (χ0v) is 17.5. The number of hydrogen-bond donors (Lipinski definition) is 2. The number of nitrogens with zero attached hydrogens (tertiary/aromatic N) is 2. The molecule has 0 spiro atoms. The zero-order valence-electron chi connectivity index (χ0n) is 15.2. The van der Waals surface area contributed by atoms with E-state index in [2.05, 4.69) is 42.5 Å². The third kappa shape index (κ3) is 7.97.